The molecule has 0 aliphatic rings. The molecule has 0 N–H and O–H groups in total. The summed E-state index contributed by atoms with van der Waals surface area (Å²) < 4.78 is 4.07. The van der Waals surface area contributed by atoms with Gasteiger partial charge in [0.15, 0.2) is 0 Å². The van der Waals surface area contributed by atoms with Crippen LogP contribution in [-0.2, 0) is 32.9 Å². The van der Waals surface area contributed by atoms with Crippen molar-refractivity contribution < 1.29 is 0 Å². The standard InChI is InChI=1S/C14H22N4/c1-5-11-9-14(17(4)15-11)10-18-13(7-3)8-12(6-2)16-18/h8-9H,5-7,10H2,1-4H3. The van der Waals surface area contributed by atoms with E-state index < -0.39 is 0 Å². The number of rotatable bonds is 5. The summed E-state index contributed by atoms with van der Waals surface area (Å²) in [4.78, 5) is 0. The lowest BCUT2D eigenvalue weighted by molar-refractivity contribution is 0.592. The molecule has 98 valence electrons. The van der Waals surface area contributed by atoms with E-state index in [0.717, 1.165) is 31.5 Å². The van der Waals surface area contributed by atoms with Gasteiger partial charge >= 0.3 is 0 Å². The van der Waals surface area contributed by atoms with Gasteiger partial charge in [-0.25, -0.2) is 0 Å². The number of nitrogens with zero attached hydrogens (tertiary/aromatic N) is 4. The third-order valence-electron chi connectivity index (χ3n) is 3.34. The first-order valence-electron chi connectivity index (χ1n) is 6.75. The lowest BCUT2D eigenvalue weighted by Gasteiger charge is -2.05. The van der Waals surface area contributed by atoms with E-state index in [1.54, 1.807) is 0 Å². The fourth-order valence-electron chi connectivity index (χ4n) is 2.15. The molecule has 4 heteroatoms. The van der Waals surface area contributed by atoms with Crippen LogP contribution in [0.3, 0.4) is 0 Å². The summed E-state index contributed by atoms with van der Waals surface area (Å²) in [5.74, 6) is 0. The third kappa shape index (κ3) is 2.47. The molecule has 0 fully saturated rings. The Morgan fingerprint density at radius 2 is 1.50 bits per heavy atom. The average Bonchev–Trinajstić information content (AvgIpc) is 2.94. The van der Waals surface area contributed by atoms with E-state index >= 15 is 0 Å². The van der Waals surface area contributed by atoms with Crippen molar-refractivity contribution in [2.75, 3.05) is 0 Å². The molecule has 2 aromatic heterocycles. The maximum absolute atomic E-state index is 4.65. The van der Waals surface area contributed by atoms with E-state index in [-0.39, 0.29) is 0 Å². The van der Waals surface area contributed by atoms with Gasteiger partial charge in [-0.2, -0.15) is 10.2 Å². The monoisotopic (exact) mass is 246 g/mol. The zero-order chi connectivity index (χ0) is 13.1. The normalized spacial score (nSPS) is 11.1. The fourth-order valence-corrected chi connectivity index (χ4v) is 2.15. The second kappa shape index (κ2) is 5.38. The number of hydrogen-bond acceptors (Lipinski definition) is 2. The lowest BCUT2D eigenvalue weighted by Crippen LogP contribution is -2.09. The van der Waals surface area contributed by atoms with Crippen LogP contribution >= 0.6 is 0 Å². The third-order valence-corrected chi connectivity index (χ3v) is 3.34. The van der Waals surface area contributed by atoms with Gasteiger partial charge in [0.05, 0.1) is 23.6 Å². The molecule has 0 aromatic carbocycles. The Hall–Kier alpha value is -1.58. The molecule has 2 aromatic rings. The first-order valence-corrected chi connectivity index (χ1v) is 6.75. The molecule has 0 spiro atoms. The molecule has 2 heterocycles. The van der Waals surface area contributed by atoms with Crippen molar-refractivity contribution in [1.82, 2.24) is 19.6 Å². The smallest absolute Gasteiger partial charge is 0.0831 e. The van der Waals surface area contributed by atoms with Crippen molar-refractivity contribution in [3.8, 4) is 0 Å². The van der Waals surface area contributed by atoms with Gasteiger partial charge in [0.2, 0.25) is 0 Å². The van der Waals surface area contributed by atoms with Crippen molar-refractivity contribution in [2.45, 2.75) is 46.6 Å². The van der Waals surface area contributed by atoms with Crippen molar-refractivity contribution in [2.24, 2.45) is 7.05 Å². The van der Waals surface area contributed by atoms with E-state index in [0.29, 0.717) is 0 Å². The van der Waals surface area contributed by atoms with Crippen LogP contribution in [0.4, 0.5) is 0 Å². The first-order chi connectivity index (χ1) is 8.67. The van der Waals surface area contributed by atoms with Gasteiger partial charge in [-0.15, -0.1) is 0 Å². The molecule has 0 atom stereocenters. The van der Waals surface area contributed by atoms with Gasteiger partial charge in [0.1, 0.15) is 0 Å². The molecule has 18 heavy (non-hydrogen) atoms. The molecule has 2 rings (SSSR count). The summed E-state index contributed by atoms with van der Waals surface area (Å²) in [5, 5.41) is 9.13. The Balaban J connectivity index is 2.26. The summed E-state index contributed by atoms with van der Waals surface area (Å²) in [7, 11) is 2.00. The largest absolute Gasteiger partial charge is 0.270 e. The van der Waals surface area contributed by atoms with Gasteiger partial charge in [-0.05, 0) is 31.4 Å². The van der Waals surface area contributed by atoms with Crippen molar-refractivity contribution in [3.05, 3.63) is 34.9 Å². The lowest BCUT2D eigenvalue weighted by atomic mass is 10.2. The van der Waals surface area contributed by atoms with E-state index in [9.17, 15) is 0 Å². The predicted molar refractivity (Wildman–Crippen MR) is 72.7 cm³/mol. The van der Waals surface area contributed by atoms with Crippen LogP contribution in [0.15, 0.2) is 12.1 Å². The average molecular weight is 246 g/mol. The fraction of sp³-hybridized carbons (Fsp3) is 0.571. The van der Waals surface area contributed by atoms with Crippen molar-refractivity contribution >= 4 is 0 Å². The Morgan fingerprint density at radius 1 is 0.889 bits per heavy atom. The second-order valence-corrected chi connectivity index (χ2v) is 4.60. The van der Waals surface area contributed by atoms with Gasteiger partial charge in [0, 0.05) is 12.7 Å². The molecule has 0 bridgehead atoms. The summed E-state index contributed by atoms with van der Waals surface area (Å²) in [5.41, 5.74) is 4.83. The highest BCUT2D eigenvalue weighted by molar-refractivity contribution is 5.15. The second-order valence-electron chi connectivity index (χ2n) is 4.60. The van der Waals surface area contributed by atoms with E-state index in [4.69, 9.17) is 0 Å². The van der Waals surface area contributed by atoms with Gasteiger partial charge < -0.3 is 0 Å². The number of aromatic nitrogens is 4. The number of aryl methyl sites for hydroxylation is 4. The number of hydrogen-bond donors (Lipinski definition) is 0. The highest BCUT2D eigenvalue weighted by Crippen LogP contribution is 2.11. The topological polar surface area (TPSA) is 35.6 Å². The van der Waals surface area contributed by atoms with Gasteiger partial charge in [0.25, 0.3) is 0 Å². The van der Waals surface area contributed by atoms with Crippen LogP contribution < -0.4 is 0 Å². The molecule has 0 radical (unpaired) electrons. The molecule has 0 aliphatic heterocycles. The maximum Gasteiger partial charge on any atom is 0.0831 e. The van der Waals surface area contributed by atoms with Crippen LogP contribution in [0, 0.1) is 0 Å². The minimum Gasteiger partial charge on any atom is -0.270 e. The SMILES string of the molecule is CCc1cc(Cn2nc(CC)cc2CC)n(C)n1. The van der Waals surface area contributed by atoms with Crippen molar-refractivity contribution in [3.63, 3.8) is 0 Å². The van der Waals surface area contributed by atoms with Gasteiger partial charge in [-0.3, -0.25) is 9.36 Å². The highest BCUT2D eigenvalue weighted by atomic mass is 15.3. The minimum absolute atomic E-state index is 0.812. The summed E-state index contributed by atoms with van der Waals surface area (Å²) in [6.45, 7) is 7.26. The Kier molecular flexibility index (Phi) is 3.84. The highest BCUT2D eigenvalue weighted by Gasteiger charge is 2.09. The summed E-state index contributed by atoms with van der Waals surface area (Å²) >= 11 is 0. The zero-order valence-electron chi connectivity index (χ0n) is 11.8. The molecule has 4 nitrogen and oxygen atoms in total. The predicted octanol–water partition coefficient (Wildman–Crippen LogP) is 2.35. The van der Waals surface area contributed by atoms with E-state index in [2.05, 4.69) is 47.8 Å². The molecule has 0 aliphatic carbocycles. The minimum atomic E-state index is 0.812. The Morgan fingerprint density at radius 3 is 2.06 bits per heavy atom. The molecular formula is C14H22N4. The quantitative estimate of drug-likeness (QED) is 0.812. The Labute approximate surface area is 109 Å². The van der Waals surface area contributed by atoms with Crippen LogP contribution in [0.25, 0.3) is 0 Å². The van der Waals surface area contributed by atoms with E-state index in [1.807, 2.05) is 11.7 Å². The van der Waals surface area contributed by atoms with Crippen LogP contribution in [0.5, 0.6) is 0 Å². The maximum atomic E-state index is 4.65. The first kappa shape index (κ1) is 12.9. The van der Waals surface area contributed by atoms with Crippen LogP contribution in [0.2, 0.25) is 0 Å². The molecule has 0 amide bonds. The van der Waals surface area contributed by atoms with Crippen LogP contribution in [0.1, 0.15) is 43.5 Å². The van der Waals surface area contributed by atoms with Gasteiger partial charge in [-0.1, -0.05) is 20.8 Å². The molecule has 0 saturated heterocycles. The van der Waals surface area contributed by atoms with Crippen molar-refractivity contribution in [1.29, 1.82) is 0 Å². The molecule has 0 unspecified atom stereocenters. The zero-order valence-corrected chi connectivity index (χ0v) is 11.8. The molecular weight excluding hydrogens is 224 g/mol. The molecule has 0 saturated carbocycles. The summed E-state index contributed by atoms with van der Waals surface area (Å²) in [6.07, 6.45) is 2.99. The van der Waals surface area contributed by atoms with E-state index in [1.165, 1.54) is 17.1 Å². The summed E-state index contributed by atoms with van der Waals surface area (Å²) in [6, 6.07) is 4.38. The van der Waals surface area contributed by atoms with Crippen LogP contribution in [-0.4, -0.2) is 19.6 Å². The Bertz CT molecular complexity index is 522.